The predicted molar refractivity (Wildman–Crippen MR) is 74.3 cm³/mol. The van der Waals surface area contributed by atoms with E-state index in [2.05, 4.69) is 15.7 Å². The second-order valence-electron chi connectivity index (χ2n) is 4.38. The van der Waals surface area contributed by atoms with Gasteiger partial charge < -0.3 is 9.47 Å². The van der Waals surface area contributed by atoms with Crippen molar-refractivity contribution in [3.8, 4) is 11.5 Å². The van der Waals surface area contributed by atoms with Gasteiger partial charge in [-0.15, -0.1) is 5.10 Å². The molecule has 2 rings (SSSR count). The summed E-state index contributed by atoms with van der Waals surface area (Å²) < 4.78 is 12.4. The van der Waals surface area contributed by atoms with Crippen LogP contribution in [-0.2, 0) is 13.5 Å². The Morgan fingerprint density at radius 1 is 1.30 bits per heavy atom. The number of rotatable bonds is 6. The number of aromatic nitrogens is 3. The Kier molecular flexibility index (Phi) is 4.54. The Morgan fingerprint density at radius 3 is 2.40 bits per heavy atom. The molecule has 1 unspecified atom stereocenters. The first kappa shape index (κ1) is 14.3. The number of hydrogen-bond donors (Lipinski definition) is 2. The van der Waals surface area contributed by atoms with Crippen molar-refractivity contribution in [2.45, 2.75) is 12.5 Å². The molecule has 3 N–H and O–H groups in total. The highest BCUT2D eigenvalue weighted by atomic mass is 16.5. The average molecular weight is 277 g/mol. The van der Waals surface area contributed by atoms with Crippen molar-refractivity contribution in [1.29, 1.82) is 0 Å². The van der Waals surface area contributed by atoms with E-state index in [1.54, 1.807) is 18.9 Å². The molecular weight excluding hydrogens is 258 g/mol. The van der Waals surface area contributed by atoms with Gasteiger partial charge in [-0.1, -0.05) is 11.3 Å². The molecule has 0 radical (unpaired) electrons. The van der Waals surface area contributed by atoms with Crippen LogP contribution in [0.1, 0.15) is 17.3 Å². The fraction of sp³-hybridized carbons (Fsp3) is 0.385. The predicted octanol–water partition coefficient (Wildman–Crippen LogP) is 0.579. The van der Waals surface area contributed by atoms with Gasteiger partial charge >= 0.3 is 0 Å². The van der Waals surface area contributed by atoms with Crippen molar-refractivity contribution in [3.63, 3.8) is 0 Å². The molecule has 2 aromatic rings. The molecule has 0 aliphatic carbocycles. The molecule has 108 valence electrons. The molecule has 0 bridgehead atoms. The number of ether oxygens (including phenoxy) is 2. The zero-order valence-electron chi connectivity index (χ0n) is 11.8. The number of nitrogens with one attached hydrogen (secondary N) is 1. The SMILES string of the molecule is COc1cccc(OC)c1C(Cc1cn(C)nn1)NN. The third-order valence-electron chi connectivity index (χ3n) is 3.08. The number of nitrogens with zero attached hydrogens (tertiary/aromatic N) is 3. The second-order valence-corrected chi connectivity index (χ2v) is 4.38. The highest BCUT2D eigenvalue weighted by Crippen LogP contribution is 2.34. The van der Waals surface area contributed by atoms with Gasteiger partial charge in [0, 0.05) is 19.7 Å². The lowest BCUT2D eigenvalue weighted by Crippen LogP contribution is -2.30. The van der Waals surface area contributed by atoms with E-state index in [-0.39, 0.29) is 6.04 Å². The van der Waals surface area contributed by atoms with E-state index in [1.807, 2.05) is 31.4 Å². The Bertz CT molecular complexity index is 547. The minimum atomic E-state index is -0.183. The van der Waals surface area contributed by atoms with Gasteiger partial charge in [0.15, 0.2) is 0 Å². The molecule has 0 saturated heterocycles. The van der Waals surface area contributed by atoms with Crippen LogP contribution in [0, 0.1) is 0 Å². The molecule has 7 nitrogen and oxygen atoms in total. The number of nitrogens with two attached hydrogens (primary N) is 1. The topological polar surface area (TPSA) is 87.2 Å². The highest BCUT2D eigenvalue weighted by Gasteiger charge is 2.21. The van der Waals surface area contributed by atoms with Crippen molar-refractivity contribution >= 4 is 0 Å². The molecule has 1 aromatic carbocycles. The van der Waals surface area contributed by atoms with Crippen LogP contribution in [0.25, 0.3) is 0 Å². The summed E-state index contributed by atoms with van der Waals surface area (Å²) in [7, 11) is 5.06. The Balaban J connectivity index is 2.35. The molecule has 1 atom stereocenters. The number of aryl methyl sites for hydroxylation is 1. The monoisotopic (exact) mass is 277 g/mol. The largest absolute Gasteiger partial charge is 0.496 e. The third kappa shape index (κ3) is 2.89. The summed E-state index contributed by atoms with van der Waals surface area (Å²) in [6.45, 7) is 0. The summed E-state index contributed by atoms with van der Waals surface area (Å²) >= 11 is 0. The quantitative estimate of drug-likeness (QED) is 0.593. The molecule has 0 amide bonds. The molecule has 7 heteroatoms. The van der Waals surface area contributed by atoms with Crippen molar-refractivity contribution in [1.82, 2.24) is 20.4 Å². The van der Waals surface area contributed by atoms with Crippen LogP contribution < -0.4 is 20.7 Å². The van der Waals surface area contributed by atoms with Gasteiger partial charge in [-0.05, 0) is 12.1 Å². The number of methoxy groups -OCH3 is 2. The Hall–Kier alpha value is -2.12. The molecule has 0 aliphatic rings. The number of hydrazine groups is 1. The standard InChI is InChI=1S/C13H19N5O2/c1-18-8-9(16-17-18)7-10(15-14)13-11(19-2)5-4-6-12(13)20-3/h4-6,8,10,15H,7,14H2,1-3H3. The van der Waals surface area contributed by atoms with Gasteiger partial charge in [0.25, 0.3) is 0 Å². The zero-order valence-corrected chi connectivity index (χ0v) is 11.8. The van der Waals surface area contributed by atoms with Crippen LogP contribution in [0.4, 0.5) is 0 Å². The first-order valence-corrected chi connectivity index (χ1v) is 6.21. The average Bonchev–Trinajstić information content (AvgIpc) is 2.89. The van der Waals surface area contributed by atoms with Crippen LogP contribution in [-0.4, -0.2) is 29.2 Å². The lowest BCUT2D eigenvalue weighted by atomic mass is 10.0. The maximum Gasteiger partial charge on any atom is 0.127 e. The molecule has 0 aliphatic heterocycles. The fourth-order valence-corrected chi connectivity index (χ4v) is 2.17. The summed E-state index contributed by atoms with van der Waals surface area (Å²) in [5, 5.41) is 7.99. The van der Waals surface area contributed by atoms with Gasteiger partial charge in [-0.3, -0.25) is 16.0 Å². The Morgan fingerprint density at radius 2 is 1.95 bits per heavy atom. The second kappa shape index (κ2) is 6.36. The lowest BCUT2D eigenvalue weighted by molar-refractivity contribution is 0.370. The van der Waals surface area contributed by atoms with E-state index >= 15 is 0 Å². The smallest absolute Gasteiger partial charge is 0.127 e. The summed E-state index contributed by atoms with van der Waals surface area (Å²) in [6, 6.07) is 5.44. The molecular formula is C13H19N5O2. The van der Waals surface area contributed by atoms with Crippen molar-refractivity contribution in [3.05, 3.63) is 35.7 Å². The third-order valence-corrected chi connectivity index (χ3v) is 3.08. The lowest BCUT2D eigenvalue weighted by Gasteiger charge is -2.20. The van der Waals surface area contributed by atoms with Crippen LogP contribution in [0.2, 0.25) is 0 Å². The molecule has 0 saturated carbocycles. The van der Waals surface area contributed by atoms with Crippen LogP contribution in [0.5, 0.6) is 11.5 Å². The maximum absolute atomic E-state index is 5.69. The summed E-state index contributed by atoms with van der Waals surface area (Å²) in [4.78, 5) is 0. The van der Waals surface area contributed by atoms with Gasteiger partial charge in [0.2, 0.25) is 0 Å². The maximum atomic E-state index is 5.69. The number of hydrogen-bond acceptors (Lipinski definition) is 6. The van der Waals surface area contributed by atoms with Crippen LogP contribution in [0.3, 0.4) is 0 Å². The normalized spacial score (nSPS) is 12.2. The molecule has 1 heterocycles. The Labute approximate surface area is 117 Å². The van der Waals surface area contributed by atoms with E-state index < -0.39 is 0 Å². The molecule has 0 spiro atoms. The van der Waals surface area contributed by atoms with Gasteiger partial charge in [0.05, 0.1) is 31.5 Å². The van der Waals surface area contributed by atoms with Crippen molar-refractivity contribution in [2.24, 2.45) is 12.9 Å². The van der Waals surface area contributed by atoms with Crippen molar-refractivity contribution < 1.29 is 9.47 Å². The van der Waals surface area contributed by atoms with Crippen LogP contribution >= 0.6 is 0 Å². The van der Waals surface area contributed by atoms with Gasteiger partial charge in [-0.2, -0.15) is 0 Å². The first-order chi connectivity index (χ1) is 9.69. The molecule has 20 heavy (non-hydrogen) atoms. The minimum absolute atomic E-state index is 0.183. The van der Waals surface area contributed by atoms with Crippen molar-refractivity contribution in [2.75, 3.05) is 14.2 Å². The summed E-state index contributed by atoms with van der Waals surface area (Å²) in [5.41, 5.74) is 4.49. The van der Waals surface area contributed by atoms with E-state index in [9.17, 15) is 0 Å². The van der Waals surface area contributed by atoms with E-state index in [0.717, 1.165) is 22.8 Å². The minimum Gasteiger partial charge on any atom is -0.496 e. The van der Waals surface area contributed by atoms with Crippen LogP contribution in [0.15, 0.2) is 24.4 Å². The van der Waals surface area contributed by atoms with E-state index in [4.69, 9.17) is 15.3 Å². The zero-order chi connectivity index (χ0) is 14.5. The molecule has 0 fully saturated rings. The van der Waals surface area contributed by atoms with E-state index in [1.165, 1.54) is 0 Å². The van der Waals surface area contributed by atoms with E-state index in [0.29, 0.717) is 6.42 Å². The number of benzene rings is 1. The van der Waals surface area contributed by atoms with Gasteiger partial charge in [-0.25, -0.2) is 0 Å². The molecule has 1 aromatic heterocycles. The summed E-state index contributed by atoms with van der Waals surface area (Å²) in [6.07, 6.45) is 2.44. The summed E-state index contributed by atoms with van der Waals surface area (Å²) in [5.74, 6) is 7.13. The van der Waals surface area contributed by atoms with Gasteiger partial charge in [0.1, 0.15) is 11.5 Å². The fourth-order valence-electron chi connectivity index (χ4n) is 2.17. The highest BCUT2D eigenvalue weighted by molar-refractivity contribution is 5.47. The first-order valence-electron chi connectivity index (χ1n) is 6.21.